The summed E-state index contributed by atoms with van der Waals surface area (Å²) >= 11 is 9.53. The fourth-order valence-corrected chi connectivity index (χ4v) is 2.49. The molecule has 0 aromatic heterocycles. The van der Waals surface area contributed by atoms with E-state index in [0.29, 0.717) is 10.8 Å². The Hall–Kier alpha value is -1.03. The molecule has 2 rings (SSSR count). The topological polar surface area (TPSA) is 35.2 Å². The molecule has 1 atom stereocenters. The second kappa shape index (κ2) is 6.61. The average Bonchev–Trinajstić information content (AvgIpc) is 2.37. The van der Waals surface area contributed by atoms with Gasteiger partial charge >= 0.3 is 0 Å². The molecule has 0 radical (unpaired) electrons. The summed E-state index contributed by atoms with van der Waals surface area (Å²) in [6.07, 6.45) is 0.865. The third-order valence-corrected chi connectivity index (χ3v) is 3.78. The Labute approximate surface area is 133 Å². The molecule has 0 aliphatic heterocycles. The van der Waals surface area contributed by atoms with Crippen molar-refractivity contribution in [2.75, 3.05) is 0 Å². The van der Waals surface area contributed by atoms with Gasteiger partial charge in [-0.3, -0.25) is 0 Å². The first kappa shape index (κ1) is 15.4. The van der Waals surface area contributed by atoms with Crippen LogP contribution in [0.2, 0.25) is 5.02 Å². The van der Waals surface area contributed by atoms with Crippen LogP contribution in [0.1, 0.15) is 18.1 Å². The van der Waals surface area contributed by atoms with Crippen LogP contribution in [0.3, 0.4) is 0 Å². The van der Waals surface area contributed by atoms with Gasteiger partial charge in [-0.25, -0.2) is 0 Å². The minimum atomic E-state index is 0.153. The molecule has 2 N–H and O–H groups in total. The van der Waals surface area contributed by atoms with Gasteiger partial charge < -0.3 is 10.5 Å². The van der Waals surface area contributed by atoms with E-state index in [1.807, 2.05) is 31.2 Å². The molecular formula is C16H17BrClNO. The Bertz CT molecular complexity index is 613. The van der Waals surface area contributed by atoms with Crippen LogP contribution in [0.4, 0.5) is 0 Å². The van der Waals surface area contributed by atoms with Crippen molar-refractivity contribution in [3.8, 4) is 11.5 Å². The zero-order chi connectivity index (χ0) is 14.7. The molecule has 2 nitrogen and oxygen atoms in total. The average molecular weight is 355 g/mol. The molecule has 0 amide bonds. The maximum atomic E-state index is 6.12. The van der Waals surface area contributed by atoms with Gasteiger partial charge in [0.15, 0.2) is 0 Å². The van der Waals surface area contributed by atoms with E-state index in [1.165, 1.54) is 11.1 Å². The van der Waals surface area contributed by atoms with Crippen LogP contribution in [-0.2, 0) is 6.42 Å². The number of halogens is 2. The van der Waals surface area contributed by atoms with Gasteiger partial charge in [-0.1, -0.05) is 33.6 Å². The van der Waals surface area contributed by atoms with E-state index in [2.05, 4.69) is 28.9 Å². The van der Waals surface area contributed by atoms with Crippen LogP contribution in [-0.4, -0.2) is 6.04 Å². The Morgan fingerprint density at radius 1 is 1.25 bits per heavy atom. The van der Waals surface area contributed by atoms with Crippen LogP contribution < -0.4 is 10.5 Å². The van der Waals surface area contributed by atoms with E-state index in [-0.39, 0.29) is 6.04 Å². The van der Waals surface area contributed by atoms with Crippen LogP contribution in [0.15, 0.2) is 40.9 Å². The van der Waals surface area contributed by atoms with Crippen molar-refractivity contribution in [3.63, 3.8) is 0 Å². The van der Waals surface area contributed by atoms with E-state index in [1.54, 1.807) is 6.07 Å². The van der Waals surface area contributed by atoms with Gasteiger partial charge in [-0.15, -0.1) is 0 Å². The molecule has 0 heterocycles. The Morgan fingerprint density at radius 2 is 2.00 bits per heavy atom. The van der Waals surface area contributed by atoms with Gasteiger partial charge in [0, 0.05) is 10.5 Å². The summed E-state index contributed by atoms with van der Waals surface area (Å²) in [7, 11) is 0. The number of aryl methyl sites for hydroxylation is 1. The summed E-state index contributed by atoms with van der Waals surface area (Å²) in [5.74, 6) is 1.41. The smallest absolute Gasteiger partial charge is 0.147 e. The van der Waals surface area contributed by atoms with Gasteiger partial charge in [0.1, 0.15) is 11.5 Å². The second-order valence-corrected chi connectivity index (χ2v) is 6.27. The maximum absolute atomic E-state index is 6.12. The van der Waals surface area contributed by atoms with E-state index >= 15 is 0 Å². The predicted molar refractivity (Wildman–Crippen MR) is 87.8 cm³/mol. The van der Waals surface area contributed by atoms with Crippen LogP contribution in [0.25, 0.3) is 0 Å². The Morgan fingerprint density at radius 3 is 2.65 bits per heavy atom. The lowest BCUT2D eigenvalue weighted by Gasteiger charge is -2.12. The molecule has 0 saturated carbocycles. The van der Waals surface area contributed by atoms with E-state index in [0.717, 1.165) is 16.6 Å². The SMILES string of the molecule is Cc1cc(Oc2cc(Br)ccc2Cl)ccc1CC(C)N. The molecule has 0 aliphatic carbocycles. The summed E-state index contributed by atoms with van der Waals surface area (Å²) in [4.78, 5) is 0. The van der Waals surface area contributed by atoms with Crippen molar-refractivity contribution in [2.45, 2.75) is 26.3 Å². The number of nitrogens with two attached hydrogens (primary N) is 1. The molecular weight excluding hydrogens is 338 g/mol. The van der Waals surface area contributed by atoms with Gasteiger partial charge in [-0.2, -0.15) is 0 Å². The Balaban J connectivity index is 2.22. The molecule has 4 heteroatoms. The van der Waals surface area contributed by atoms with Crippen LogP contribution in [0, 0.1) is 6.92 Å². The minimum absolute atomic E-state index is 0.153. The minimum Gasteiger partial charge on any atom is -0.456 e. The molecule has 0 aliphatic rings. The highest BCUT2D eigenvalue weighted by molar-refractivity contribution is 9.10. The number of hydrogen-bond donors (Lipinski definition) is 1. The third-order valence-electron chi connectivity index (χ3n) is 2.98. The monoisotopic (exact) mass is 353 g/mol. The molecule has 0 bridgehead atoms. The largest absolute Gasteiger partial charge is 0.456 e. The van der Waals surface area contributed by atoms with E-state index in [4.69, 9.17) is 22.1 Å². The second-order valence-electron chi connectivity index (χ2n) is 4.95. The standard InChI is InChI=1S/C16H17BrClNO/c1-10-7-14(5-3-12(10)8-11(2)19)20-16-9-13(17)4-6-15(16)18/h3-7,9,11H,8,19H2,1-2H3. The quantitative estimate of drug-likeness (QED) is 0.829. The zero-order valence-electron chi connectivity index (χ0n) is 11.5. The molecule has 106 valence electrons. The Kier molecular flexibility index (Phi) is 5.08. The van der Waals surface area contributed by atoms with Gasteiger partial charge in [0.25, 0.3) is 0 Å². The molecule has 0 spiro atoms. The number of benzene rings is 2. The highest BCUT2D eigenvalue weighted by atomic mass is 79.9. The summed E-state index contributed by atoms with van der Waals surface area (Å²) in [5, 5.41) is 0.588. The third kappa shape index (κ3) is 3.98. The number of hydrogen-bond acceptors (Lipinski definition) is 2. The summed E-state index contributed by atoms with van der Waals surface area (Å²) in [5.41, 5.74) is 8.25. The van der Waals surface area contributed by atoms with Crippen molar-refractivity contribution in [3.05, 3.63) is 57.0 Å². The van der Waals surface area contributed by atoms with Crippen molar-refractivity contribution in [1.82, 2.24) is 0 Å². The highest BCUT2D eigenvalue weighted by Crippen LogP contribution is 2.32. The zero-order valence-corrected chi connectivity index (χ0v) is 13.8. The van der Waals surface area contributed by atoms with Gasteiger partial charge in [0.2, 0.25) is 0 Å². The molecule has 2 aromatic rings. The van der Waals surface area contributed by atoms with Crippen molar-refractivity contribution in [1.29, 1.82) is 0 Å². The number of rotatable bonds is 4. The van der Waals surface area contributed by atoms with Gasteiger partial charge in [-0.05, 0) is 61.7 Å². The van der Waals surface area contributed by atoms with E-state index in [9.17, 15) is 0 Å². The lowest BCUT2D eigenvalue weighted by molar-refractivity contribution is 0.482. The summed E-state index contributed by atoms with van der Waals surface area (Å²) in [6.45, 7) is 4.07. The highest BCUT2D eigenvalue weighted by Gasteiger charge is 2.07. The fraction of sp³-hybridized carbons (Fsp3) is 0.250. The normalized spacial score (nSPS) is 12.2. The molecule has 2 aromatic carbocycles. The van der Waals surface area contributed by atoms with Crippen LogP contribution >= 0.6 is 27.5 Å². The lowest BCUT2D eigenvalue weighted by atomic mass is 10.0. The molecule has 1 unspecified atom stereocenters. The molecule has 0 saturated heterocycles. The first-order chi connectivity index (χ1) is 9.45. The van der Waals surface area contributed by atoms with Crippen molar-refractivity contribution in [2.24, 2.45) is 5.73 Å². The number of ether oxygens (including phenoxy) is 1. The van der Waals surface area contributed by atoms with Gasteiger partial charge in [0.05, 0.1) is 5.02 Å². The first-order valence-corrected chi connectivity index (χ1v) is 7.61. The maximum Gasteiger partial charge on any atom is 0.147 e. The van der Waals surface area contributed by atoms with Crippen molar-refractivity contribution >= 4 is 27.5 Å². The molecule has 0 fully saturated rings. The van der Waals surface area contributed by atoms with Crippen molar-refractivity contribution < 1.29 is 4.74 Å². The lowest BCUT2D eigenvalue weighted by Crippen LogP contribution is -2.18. The predicted octanol–water partition coefficient (Wildman–Crippen LogP) is 5.09. The first-order valence-electron chi connectivity index (χ1n) is 6.43. The summed E-state index contributed by atoms with van der Waals surface area (Å²) in [6, 6.07) is 11.7. The summed E-state index contributed by atoms with van der Waals surface area (Å²) < 4.78 is 6.77. The van der Waals surface area contributed by atoms with Crippen LogP contribution in [0.5, 0.6) is 11.5 Å². The van der Waals surface area contributed by atoms with E-state index < -0.39 is 0 Å². The fourth-order valence-electron chi connectivity index (χ4n) is 1.99. The molecule has 20 heavy (non-hydrogen) atoms.